The highest BCUT2D eigenvalue weighted by atomic mass is 15.0. The molecule has 1 aliphatic rings. The van der Waals surface area contributed by atoms with Gasteiger partial charge in [-0.05, 0) is 30.5 Å². The maximum atomic E-state index is 5.76. The lowest BCUT2D eigenvalue weighted by Gasteiger charge is -2.25. The van der Waals surface area contributed by atoms with Crippen LogP contribution in [0.2, 0.25) is 0 Å². The van der Waals surface area contributed by atoms with Crippen molar-refractivity contribution in [2.24, 2.45) is 5.92 Å². The Hall–Kier alpha value is -1.84. The molecule has 3 rings (SSSR count). The molecule has 0 spiro atoms. The Morgan fingerprint density at radius 3 is 2.94 bits per heavy atom. The van der Waals surface area contributed by atoms with Gasteiger partial charge >= 0.3 is 0 Å². The maximum absolute atomic E-state index is 5.76. The largest absolute Gasteiger partial charge is 0.399 e. The molecule has 0 radical (unpaired) electrons. The third-order valence-electron chi connectivity index (χ3n) is 3.73. The third-order valence-corrected chi connectivity index (χ3v) is 3.73. The van der Waals surface area contributed by atoms with Gasteiger partial charge in [0.2, 0.25) is 0 Å². The molecule has 0 atom stereocenters. The SMILES string of the molecule is Nc1ccc2c(NCCC3CCC3)ncnc2c1. The molecule has 3 N–H and O–H groups in total. The molecular weight excluding hydrogens is 224 g/mol. The summed E-state index contributed by atoms with van der Waals surface area (Å²) in [4.78, 5) is 8.56. The topological polar surface area (TPSA) is 63.8 Å². The minimum atomic E-state index is 0.738. The summed E-state index contributed by atoms with van der Waals surface area (Å²) in [6.45, 7) is 0.987. The smallest absolute Gasteiger partial charge is 0.137 e. The average Bonchev–Trinajstić information content (AvgIpc) is 2.32. The minimum absolute atomic E-state index is 0.738. The van der Waals surface area contributed by atoms with Crippen LogP contribution in [0.3, 0.4) is 0 Å². The van der Waals surface area contributed by atoms with E-state index in [1.54, 1.807) is 6.33 Å². The molecule has 0 unspecified atom stereocenters. The molecule has 0 bridgehead atoms. The molecule has 1 aliphatic carbocycles. The molecule has 0 aliphatic heterocycles. The molecule has 0 amide bonds. The zero-order chi connectivity index (χ0) is 12.4. The Balaban J connectivity index is 1.74. The molecule has 1 aromatic heterocycles. The lowest BCUT2D eigenvalue weighted by molar-refractivity contribution is 0.303. The van der Waals surface area contributed by atoms with E-state index in [0.29, 0.717) is 0 Å². The Bertz CT molecular complexity index is 548. The molecule has 0 saturated heterocycles. The van der Waals surface area contributed by atoms with Gasteiger partial charge in [-0.3, -0.25) is 0 Å². The fourth-order valence-electron chi connectivity index (χ4n) is 2.39. The van der Waals surface area contributed by atoms with Crippen LogP contribution in [0.5, 0.6) is 0 Å². The molecule has 1 saturated carbocycles. The lowest BCUT2D eigenvalue weighted by Crippen LogP contribution is -2.16. The molecular formula is C14H18N4. The molecule has 1 heterocycles. The Labute approximate surface area is 107 Å². The van der Waals surface area contributed by atoms with Crippen LogP contribution >= 0.6 is 0 Å². The van der Waals surface area contributed by atoms with E-state index < -0.39 is 0 Å². The van der Waals surface area contributed by atoms with Gasteiger partial charge in [0.25, 0.3) is 0 Å². The van der Waals surface area contributed by atoms with E-state index >= 15 is 0 Å². The first kappa shape index (κ1) is 11.3. The number of aromatic nitrogens is 2. The van der Waals surface area contributed by atoms with Crippen molar-refractivity contribution in [1.29, 1.82) is 0 Å². The standard InChI is InChI=1S/C14H18N4/c15-11-4-5-12-13(8-11)17-9-18-14(12)16-7-6-10-2-1-3-10/h4-5,8-10H,1-3,6-7,15H2,(H,16,17,18). The maximum Gasteiger partial charge on any atom is 0.137 e. The van der Waals surface area contributed by atoms with E-state index in [1.807, 2.05) is 18.2 Å². The monoisotopic (exact) mass is 242 g/mol. The summed E-state index contributed by atoms with van der Waals surface area (Å²) in [7, 11) is 0. The fourth-order valence-corrected chi connectivity index (χ4v) is 2.39. The lowest BCUT2D eigenvalue weighted by atomic mass is 9.83. The number of nitrogens with two attached hydrogens (primary N) is 1. The Morgan fingerprint density at radius 1 is 1.28 bits per heavy atom. The second kappa shape index (κ2) is 4.80. The first-order valence-electron chi connectivity index (χ1n) is 6.57. The zero-order valence-electron chi connectivity index (χ0n) is 10.4. The Kier molecular flexibility index (Phi) is 3.00. The van der Waals surface area contributed by atoms with Crippen molar-refractivity contribution in [3.05, 3.63) is 24.5 Å². The molecule has 1 aromatic carbocycles. The van der Waals surface area contributed by atoms with Gasteiger partial charge in [0, 0.05) is 17.6 Å². The van der Waals surface area contributed by atoms with Gasteiger partial charge in [-0.1, -0.05) is 19.3 Å². The highest BCUT2D eigenvalue weighted by Gasteiger charge is 2.16. The average molecular weight is 242 g/mol. The summed E-state index contributed by atoms with van der Waals surface area (Å²) in [5.74, 6) is 1.83. The van der Waals surface area contributed by atoms with Crippen molar-refractivity contribution in [2.45, 2.75) is 25.7 Å². The van der Waals surface area contributed by atoms with Crippen molar-refractivity contribution in [2.75, 3.05) is 17.6 Å². The van der Waals surface area contributed by atoms with Gasteiger partial charge in [0.15, 0.2) is 0 Å². The number of fused-ring (bicyclic) bond motifs is 1. The zero-order valence-corrected chi connectivity index (χ0v) is 10.4. The van der Waals surface area contributed by atoms with Gasteiger partial charge < -0.3 is 11.1 Å². The van der Waals surface area contributed by atoms with Gasteiger partial charge in [-0.15, -0.1) is 0 Å². The molecule has 4 heteroatoms. The quantitative estimate of drug-likeness (QED) is 0.809. The van der Waals surface area contributed by atoms with Crippen LogP contribution in [0, 0.1) is 5.92 Å². The van der Waals surface area contributed by atoms with Crippen LogP contribution in [0.25, 0.3) is 10.9 Å². The summed E-state index contributed by atoms with van der Waals surface area (Å²) in [6.07, 6.45) is 7.01. The van der Waals surface area contributed by atoms with Crippen molar-refractivity contribution in [3.63, 3.8) is 0 Å². The van der Waals surface area contributed by atoms with Crippen molar-refractivity contribution in [1.82, 2.24) is 9.97 Å². The predicted molar refractivity (Wildman–Crippen MR) is 74.4 cm³/mol. The second-order valence-corrected chi connectivity index (χ2v) is 5.01. The van der Waals surface area contributed by atoms with Crippen molar-refractivity contribution >= 4 is 22.4 Å². The number of nitrogens with zero attached hydrogens (tertiary/aromatic N) is 2. The highest BCUT2D eigenvalue weighted by Crippen LogP contribution is 2.29. The fraction of sp³-hybridized carbons (Fsp3) is 0.429. The predicted octanol–water partition coefficient (Wildman–Crippen LogP) is 2.81. The molecule has 94 valence electrons. The van der Waals surface area contributed by atoms with Crippen LogP contribution in [-0.4, -0.2) is 16.5 Å². The van der Waals surface area contributed by atoms with Gasteiger partial charge in [0.1, 0.15) is 12.1 Å². The summed E-state index contributed by atoms with van der Waals surface area (Å²) in [5, 5.41) is 4.46. The van der Waals surface area contributed by atoms with E-state index in [9.17, 15) is 0 Å². The van der Waals surface area contributed by atoms with E-state index in [0.717, 1.165) is 34.9 Å². The number of rotatable bonds is 4. The number of nitrogen functional groups attached to an aromatic ring is 1. The normalized spacial score (nSPS) is 15.6. The van der Waals surface area contributed by atoms with Crippen LogP contribution < -0.4 is 11.1 Å². The summed E-state index contributed by atoms with van der Waals surface area (Å²) in [6, 6.07) is 5.76. The van der Waals surface area contributed by atoms with Crippen molar-refractivity contribution in [3.8, 4) is 0 Å². The summed E-state index contributed by atoms with van der Waals surface area (Å²) >= 11 is 0. The van der Waals surface area contributed by atoms with Crippen LogP contribution in [0.4, 0.5) is 11.5 Å². The van der Waals surface area contributed by atoms with E-state index in [-0.39, 0.29) is 0 Å². The minimum Gasteiger partial charge on any atom is -0.399 e. The first-order chi connectivity index (χ1) is 8.83. The third kappa shape index (κ3) is 2.23. The molecule has 4 nitrogen and oxygen atoms in total. The Morgan fingerprint density at radius 2 is 2.17 bits per heavy atom. The van der Waals surface area contributed by atoms with Gasteiger partial charge in [-0.2, -0.15) is 0 Å². The number of hydrogen-bond donors (Lipinski definition) is 2. The molecule has 2 aromatic rings. The van der Waals surface area contributed by atoms with Crippen LogP contribution in [0.1, 0.15) is 25.7 Å². The number of anilines is 2. The first-order valence-corrected chi connectivity index (χ1v) is 6.57. The number of benzene rings is 1. The number of nitrogens with one attached hydrogen (secondary N) is 1. The number of hydrogen-bond acceptors (Lipinski definition) is 4. The summed E-state index contributed by atoms with van der Waals surface area (Å²) in [5.41, 5.74) is 7.40. The van der Waals surface area contributed by atoms with Gasteiger partial charge in [-0.25, -0.2) is 9.97 Å². The van der Waals surface area contributed by atoms with E-state index in [2.05, 4.69) is 15.3 Å². The molecule has 18 heavy (non-hydrogen) atoms. The summed E-state index contributed by atoms with van der Waals surface area (Å²) < 4.78 is 0. The molecule has 1 fully saturated rings. The van der Waals surface area contributed by atoms with Crippen LogP contribution in [-0.2, 0) is 0 Å². The van der Waals surface area contributed by atoms with Crippen LogP contribution in [0.15, 0.2) is 24.5 Å². The van der Waals surface area contributed by atoms with E-state index in [1.165, 1.54) is 25.7 Å². The van der Waals surface area contributed by atoms with E-state index in [4.69, 9.17) is 5.73 Å². The highest BCUT2D eigenvalue weighted by molar-refractivity contribution is 5.90. The van der Waals surface area contributed by atoms with Gasteiger partial charge in [0.05, 0.1) is 5.52 Å². The van der Waals surface area contributed by atoms with Crippen molar-refractivity contribution < 1.29 is 0 Å². The second-order valence-electron chi connectivity index (χ2n) is 5.01.